The Hall–Kier alpha value is -1.44. The van der Waals surface area contributed by atoms with Crippen molar-refractivity contribution in [3.05, 3.63) is 11.6 Å². The molecule has 0 fully saturated rings. The molecule has 0 spiro atoms. The van der Waals surface area contributed by atoms with Crippen LogP contribution in [0.3, 0.4) is 0 Å². The van der Waals surface area contributed by atoms with Crippen LogP contribution >= 0.6 is 0 Å². The maximum atomic E-state index is 12.7. The summed E-state index contributed by atoms with van der Waals surface area (Å²) in [5.41, 5.74) is -0.519. The quantitative estimate of drug-likeness (QED) is 0.850. The van der Waals surface area contributed by atoms with Crippen molar-refractivity contribution in [1.82, 2.24) is 19.7 Å². The highest BCUT2D eigenvalue weighted by molar-refractivity contribution is 5.81. The molecule has 1 aliphatic heterocycles. The fourth-order valence-corrected chi connectivity index (χ4v) is 2.22. The fraction of sp³-hybridized carbons (Fsp3) is 0.750. The lowest BCUT2D eigenvalue weighted by Gasteiger charge is -2.33. The second-order valence-corrected chi connectivity index (χ2v) is 5.74. The molecule has 0 unspecified atom stereocenters. The van der Waals surface area contributed by atoms with Crippen molar-refractivity contribution in [2.75, 3.05) is 13.1 Å². The molecule has 0 N–H and O–H groups in total. The summed E-state index contributed by atoms with van der Waals surface area (Å²) in [6.45, 7) is 6.59. The van der Waals surface area contributed by atoms with Gasteiger partial charge in [-0.05, 0) is 6.92 Å². The SMILES string of the molecule is CC(=O)C(C)(C)CN1CCn2c(nnc2C(F)(F)F)C1. The number of halogens is 3. The van der Waals surface area contributed by atoms with E-state index in [1.807, 2.05) is 18.7 Å². The van der Waals surface area contributed by atoms with E-state index in [2.05, 4.69) is 10.2 Å². The molecule has 2 rings (SSSR count). The first-order chi connectivity index (χ1) is 9.11. The topological polar surface area (TPSA) is 51.0 Å². The number of carbonyl (C=O) groups excluding carboxylic acids is 1. The molecular weight excluding hydrogens is 273 g/mol. The lowest BCUT2D eigenvalue weighted by Crippen LogP contribution is -2.42. The number of rotatable bonds is 3. The standard InChI is InChI=1S/C12H17F3N4O/c1-8(20)11(2,3)7-18-4-5-19-9(6-18)16-17-10(19)12(13,14)15/h4-7H2,1-3H3. The molecule has 0 aromatic carbocycles. The van der Waals surface area contributed by atoms with Gasteiger partial charge in [0.05, 0.1) is 6.54 Å². The fourth-order valence-electron chi connectivity index (χ4n) is 2.22. The zero-order chi connectivity index (χ0) is 15.1. The molecule has 2 heterocycles. The molecule has 0 atom stereocenters. The molecule has 0 saturated carbocycles. The van der Waals surface area contributed by atoms with Crippen LogP contribution in [0.1, 0.15) is 32.4 Å². The Morgan fingerprint density at radius 1 is 1.25 bits per heavy atom. The van der Waals surface area contributed by atoms with E-state index in [0.717, 1.165) is 4.57 Å². The van der Waals surface area contributed by atoms with Crippen molar-refractivity contribution in [3.8, 4) is 0 Å². The summed E-state index contributed by atoms with van der Waals surface area (Å²) in [4.78, 5) is 13.4. The zero-order valence-electron chi connectivity index (χ0n) is 11.7. The second-order valence-electron chi connectivity index (χ2n) is 5.74. The predicted molar refractivity (Wildman–Crippen MR) is 64.8 cm³/mol. The van der Waals surface area contributed by atoms with Crippen LogP contribution in [0.4, 0.5) is 13.2 Å². The molecule has 20 heavy (non-hydrogen) atoms. The predicted octanol–water partition coefficient (Wildman–Crippen LogP) is 1.73. The average Bonchev–Trinajstić information content (AvgIpc) is 2.70. The molecule has 0 saturated heterocycles. The number of hydrogen-bond donors (Lipinski definition) is 0. The molecule has 1 aromatic heterocycles. The van der Waals surface area contributed by atoms with Crippen LogP contribution in [0.25, 0.3) is 0 Å². The molecule has 0 bridgehead atoms. The Balaban J connectivity index is 2.13. The molecule has 5 nitrogen and oxygen atoms in total. The lowest BCUT2D eigenvalue weighted by atomic mass is 9.88. The largest absolute Gasteiger partial charge is 0.451 e. The summed E-state index contributed by atoms with van der Waals surface area (Å²) in [6, 6.07) is 0. The Kier molecular flexibility index (Phi) is 3.62. The van der Waals surface area contributed by atoms with Crippen molar-refractivity contribution in [2.45, 2.75) is 40.0 Å². The highest BCUT2D eigenvalue weighted by Crippen LogP contribution is 2.30. The summed E-state index contributed by atoms with van der Waals surface area (Å²) in [5, 5.41) is 6.84. The van der Waals surface area contributed by atoms with Gasteiger partial charge in [-0.25, -0.2) is 0 Å². The molecule has 0 radical (unpaired) electrons. The maximum Gasteiger partial charge on any atom is 0.451 e. The van der Waals surface area contributed by atoms with Crippen molar-refractivity contribution in [3.63, 3.8) is 0 Å². The van der Waals surface area contributed by atoms with Gasteiger partial charge in [-0.3, -0.25) is 9.69 Å². The van der Waals surface area contributed by atoms with Gasteiger partial charge in [-0.2, -0.15) is 13.2 Å². The minimum Gasteiger partial charge on any atom is -0.305 e. The van der Waals surface area contributed by atoms with E-state index in [1.54, 1.807) is 0 Å². The zero-order valence-corrected chi connectivity index (χ0v) is 11.7. The van der Waals surface area contributed by atoms with Crippen LogP contribution in [0.15, 0.2) is 0 Å². The van der Waals surface area contributed by atoms with Crippen molar-refractivity contribution >= 4 is 5.78 Å². The monoisotopic (exact) mass is 290 g/mol. The lowest BCUT2D eigenvalue weighted by molar-refractivity contribution is -0.148. The smallest absolute Gasteiger partial charge is 0.305 e. The Morgan fingerprint density at radius 3 is 2.45 bits per heavy atom. The third kappa shape index (κ3) is 2.84. The van der Waals surface area contributed by atoms with Gasteiger partial charge >= 0.3 is 6.18 Å². The summed E-state index contributed by atoms with van der Waals surface area (Å²) in [6.07, 6.45) is -4.48. The third-order valence-electron chi connectivity index (χ3n) is 3.66. The van der Waals surface area contributed by atoms with E-state index >= 15 is 0 Å². The van der Waals surface area contributed by atoms with E-state index in [0.29, 0.717) is 18.9 Å². The number of Topliss-reactive ketones (excluding diaryl/α,β-unsaturated/α-hetero) is 1. The Morgan fingerprint density at radius 2 is 1.90 bits per heavy atom. The normalized spacial score (nSPS) is 17.1. The average molecular weight is 290 g/mol. The number of hydrogen-bond acceptors (Lipinski definition) is 4. The van der Waals surface area contributed by atoms with Crippen LogP contribution in [-0.2, 0) is 24.1 Å². The Labute approximate surface area is 114 Å². The van der Waals surface area contributed by atoms with Gasteiger partial charge in [0.15, 0.2) is 0 Å². The molecule has 1 aliphatic rings. The summed E-state index contributed by atoms with van der Waals surface area (Å²) in [5.74, 6) is -0.596. The van der Waals surface area contributed by atoms with Crippen LogP contribution < -0.4 is 0 Å². The highest BCUT2D eigenvalue weighted by atomic mass is 19.4. The summed E-state index contributed by atoms with van der Waals surface area (Å²) < 4.78 is 39.2. The van der Waals surface area contributed by atoms with Crippen LogP contribution in [0.2, 0.25) is 0 Å². The number of carbonyl (C=O) groups is 1. The maximum absolute atomic E-state index is 12.7. The van der Waals surface area contributed by atoms with Gasteiger partial charge in [0.2, 0.25) is 5.82 Å². The van der Waals surface area contributed by atoms with Crippen LogP contribution in [-0.4, -0.2) is 38.5 Å². The molecule has 112 valence electrons. The first-order valence-corrected chi connectivity index (χ1v) is 6.34. The van der Waals surface area contributed by atoms with Gasteiger partial charge in [-0.15, -0.1) is 10.2 Å². The van der Waals surface area contributed by atoms with Crippen LogP contribution in [0.5, 0.6) is 0 Å². The van der Waals surface area contributed by atoms with E-state index in [-0.39, 0.29) is 18.9 Å². The molecule has 0 amide bonds. The molecule has 0 aliphatic carbocycles. The van der Waals surface area contributed by atoms with E-state index in [1.165, 1.54) is 6.92 Å². The van der Waals surface area contributed by atoms with Gasteiger partial charge in [0.25, 0.3) is 0 Å². The van der Waals surface area contributed by atoms with Gasteiger partial charge in [0, 0.05) is 25.0 Å². The molecular formula is C12H17F3N4O. The number of alkyl halides is 3. The number of fused-ring (bicyclic) bond motifs is 1. The highest BCUT2D eigenvalue weighted by Gasteiger charge is 2.40. The van der Waals surface area contributed by atoms with E-state index in [9.17, 15) is 18.0 Å². The van der Waals surface area contributed by atoms with E-state index in [4.69, 9.17) is 0 Å². The van der Waals surface area contributed by atoms with Gasteiger partial charge < -0.3 is 4.57 Å². The Bertz CT molecular complexity index is 521. The summed E-state index contributed by atoms with van der Waals surface area (Å²) in [7, 11) is 0. The van der Waals surface area contributed by atoms with Gasteiger partial charge in [0.1, 0.15) is 11.6 Å². The minimum atomic E-state index is -4.48. The molecule has 8 heteroatoms. The third-order valence-corrected chi connectivity index (χ3v) is 3.66. The van der Waals surface area contributed by atoms with Gasteiger partial charge in [-0.1, -0.05) is 13.8 Å². The van der Waals surface area contributed by atoms with E-state index < -0.39 is 17.4 Å². The number of nitrogens with zero attached hydrogens (tertiary/aromatic N) is 4. The van der Waals surface area contributed by atoms with Crippen molar-refractivity contribution in [2.24, 2.45) is 5.41 Å². The number of ketones is 1. The second kappa shape index (κ2) is 4.83. The molecule has 1 aromatic rings. The van der Waals surface area contributed by atoms with Crippen molar-refractivity contribution in [1.29, 1.82) is 0 Å². The summed E-state index contributed by atoms with van der Waals surface area (Å²) >= 11 is 0. The minimum absolute atomic E-state index is 0.0560. The first kappa shape index (κ1) is 15.0. The number of aromatic nitrogens is 3. The first-order valence-electron chi connectivity index (χ1n) is 6.34. The van der Waals surface area contributed by atoms with Crippen LogP contribution in [0, 0.1) is 5.41 Å². The van der Waals surface area contributed by atoms with Crippen molar-refractivity contribution < 1.29 is 18.0 Å².